The second-order valence-electron chi connectivity index (χ2n) is 9.82. The van der Waals surface area contributed by atoms with Crippen LogP contribution in [0.2, 0.25) is 0 Å². The van der Waals surface area contributed by atoms with E-state index in [0.29, 0.717) is 12.3 Å². The van der Waals surface area contributed by atoms with Crippen molar-refractivity contribution < 1.29 is 32.2 Å². The number of ether oxygens (including phenoxy) is 2. The number of benzene rings is 1. The van der Waals surface area contributed by atoms with Gasteiger partial charge in [-0.25, -0.2) is 4.98 Å². The molecule has 4 rings (SSSR count). The van der Waals surface area contributed by atoms with Gasteiger partial charge in [0.2, 0.25) is 5.91 Å². The molecule has 0 radical (unpaired) electrons. The average molecular weight is 521 g/mol. The number of hydrogen-bond donors (Lipinski definition) is 1. The molecule has 1 aromatic carbocycles. The first-order chi connectivity index (χ1) is 17.5. The van der Waals surface area contributed by atoms with E-state index in [9.17, 15) is 22.8 Å². The number of aromatic nitrogens is 1. The van der Waals surface area contributed by atoms with Gasteiger partial charge in [-0.3, -0.25) is 9.59 Å². The summed E-state index contributed by atoms with van der Waals surface area (Å²) in [6.07, 6.45) is -1.57. The van der Waals surface area contributed by atoms with E-state index in [4.69, 9.17) is 9.47 Å². The molecule has 2 saturated heterocycles. The molecule has 11 heteroatoms. The number of hydrogen-bond acceptors (Lipinski definition) is 6. The third-order valence-corrected chi connectivity index (χ3v) is 6.59. The van der Waals surface area contributed by atoms with Crippen molar-refractivity contribution in [1.29, 1.82) is 0 Å². The summed E-state index contributed by atoms with van der Waals surface area (Å²) in [5, 5.41) is 2.95. The number of anilines is 1. The number of nitrogens with zero attached hydrogens (tertiary/aromatic N) is 3. The van der Waals surface area contributed by atoms with Crippen molar-refractivity contribution >= 4 is 17.5 Å². The molecule has 2 amide bonds. The first kappa shape index (κ1) is 26.7. The summed E-state index contributed by atoms with van der Waals surface area (Å²) in [6, 6.07) is 9.43. The first-order valence-electron chi connectivity index (χ1n) is 12.3. The molecule has 2 fully saturated rings. The van der Waals surface area contributed by atoms with E-state index in [1.165, 1.54) is 6.07 Å². The molecule has 200 valence electrons. The van der Waals surface area contributed by atoms with Crippen molar-refractivity contribution in [3.63, 3.8) is 0 Å². The monoisotopic (exact) mass is 520 g/mol. The molecule has 1 aromatic heterocycles. The molecular weight excluding hydrogens is 489 g/mol. The van der Waals surface area contributed by atoms with Crippen molar-refractivity contribution in [2.75, 3.05) is 44.2 Å². The van der Waals surface area contributed by atoms with Crippen LogP contribution in [0, 0.1) is 5.92 Å². The van der Waals surface area contributed by atoms with Gasteiger partial charge >= 0.3 is 6.18 Å². The Labute approximate surface area is 213 Å². The second-order valence-corrected chi connectivity index (χ2v) is 9.82. The van der Waals surface area contributed by atoms with Crippen molar-refractivity contribution in [1.82, 2.24) is 15.2 Å². The fourth-order valence-electron chi connectivity index (χ4n) is 4.14. The van der Waals surface area contributed by atoms with Crippen LogP contribution in [0.3, 0.4) is 0 Å². The summed E-state index contributed by atoms with van der Waals surface area (Å²) in [7, 11) is 0. The van der Waals surface area contributed by atoms with Crippen LogP contribution >= 0.6 is 0 Å². The lowest BCUT2D eigenvalue weighted by Gasteiger charge is -2.32. The van der Waals surface area contributed by atoms with Gasteiger partial charge in [0.05, 0.1) is 6.20 Å². The number of alkyl halides is 3. The van der Waals surface area contributed by atoms with Gasteiger partial charge in [0.15, 0.2) is 0 Å². The summed E-state index contributed by atoms with van der Waals surface area (Å²) in [5.74, 6) is 0.569. The highest BCUT2D eigenvalue weighted by Gasteiger charge is 2.33. The van der Waals surface area contributed by atoms with Crippen LogP contribution in [0.5, 0.6) is 11.5 Å². The lowest BCUT2D eigenvalue weighted by molar-refractivity contribution is -0.153. The molecule has 1 unspecified atom stereocenters. The van der Waals surface area contributed by atoms with E-state index in [1.54, 1.807) is 24.8 Å². The third kappa shape index (κ3) is 6.91. The van der Waals surface area contributed by atoms with E-state index in [-0.39, 0.29) is 30.1 Å². The number of likely N-dealkylation sites (tertiary alicyclic amines) is 1. The number of nitrogens with one attached hydrogen (secondary N) is 1. The van der Waals surface area contributed by atoms with E-state index in [2.05, 4.69) is 15.2 Å². The van der Waals surface area contributed by atoms with E-state index < -0.39 is 17.5 Å². The zero-order chi connectivity index (χ0) is 26.6. The maximum atomic E-state index is 12.7. The topological polar surface area (TPSA) is 84.0 Å². The van der Waals surface area contributed by atoms with Crippen LogP contribution in [0.25, 0.3) is 0 Å². The molecule has 1 atom stereocenters. The Kier molecular flexibility index (Phi) is 7.91. The summed E-state index contributed by atoms with van der Waals surface area (Å²) in [4.78, 5) is 32.0. The lowest BCUT2D eigenvalue weighted by atomic mass is 10.1. The molecule has 0 spiro atoms. The van der Waals surface area contributed by atoms with E-state index in [1.807, 2.05) is 18.2 Å². The Morgan fingerprint density at radius 2 is 1.89 bits per heavy atom. The zero-order valence-electron chi connectivity index (χ0n) is 20.9. The maximum absolute atomic E-state index is 12.7. The van der Waals surface area contributed by atoms with Crippen LogP contribution in [0.4, 0.5) is 18.9 Å². The van der Waals surface area contributed by atoms with Gasteiger partial charge in [0, 0.05) is 44.5 Å². The summed E-state index contributed by atoms with van der Waals surface area (Å²) >= 11 is 0. The summed E-state index contributed by atoms with van der Waals surface area (Å²) in [5.41, 5.74) is -1.17. The molecule has 1 N–H and O–H groups in total. The Bertz CT molecular complexity index is 1100. The third-order valence-electron chi connectivity index (χ3n) is 6.59. The molecule has 0 aliphatic carbocycles. The highest BCUT2D eigenvalue weighted by molar-refractivity contribution is 5.85. The average Bonchev–Trinajstić information content (AvgIpc) is 3.29. The van der Waals surface area contributed by atoms with Crippen molar-refractivity contribution in [2.45, 2.75) is 38.5 Å². The van der Waals surface area contributed by atoms with Crippen LogP contribution in [0.1, 0.15) is 32.4 Å². The molecule has 0 saturated carbocycles. The molecule has 8 nitrogen and oxygen atoms in total. The molecule has 3 heterocycles. The number of carbonyl (C=O) groups is 2. The Hall–Kier alpha value is -3.34. The first-order valence-corrected chi connectivity index (χ1v) is 12.3. The predicted molar refractivity (Wildman–Crippen MR) is 130 cm³/mol. The van der Waals surface area contributed by atoms with Gasteiger partial charge in [-0.2, -0.15) is 13.2 Å². The molecule has 2 aliphatic heterocycles. The van der Waals surface area contributed by atoms with E-state index in [0.717, 1.165) is 57.0 Å². The van der Waals surface area contributed by atoms with Gasteiger partial charge < -0.3 is 24.6 Å². The fourth-order valence-corrected chi connectivity index (χ4v) is 4.14. The largest absolute Gasteiger partial charge is 0.456 e. The Morgan fingerprint density at radius 3 is 2.54 bits per heavy atom. The standard InChI is InChI=1S/C26H31F3N4O4/c1-25(2,36-17-23(34)32-10-4-11-32)24(35)31-14-18-9-12-33(16-18)19-5-3-6-20(13-19)37-21-7-8-22(30-15-21)26(27,28)29/h3,5-8,13,15,18H,4,9-12,14,16-17H2,1-2H3,(H,31,35). The van der Waals surface area contributed by atoms with Crippen LogP contribution in [-0.2, 0) is 20.5 Å². The van der Waals surface area contributed by atoms with Crippen LogP contribution in [-0.4, -0.2) is 66.6 Å². The smallest absolute Gasteiger partial charge is 0.433 e. The minimum Gasteiger partial charge on any atom is -0.456 e. The summed E-state index contributed by atoms with van der Waals surface area (Å²) in [6.45, 7) is 6.68. The van der Waals surface area contributed by atoms with E-state index >= 15 is 0 Å². The number of amides is 2. The minimum atomic E-state index is -4.50. The van der Waals surface area contributed by atoms with Crippen molar-refractivity contribution in [2.24, 2.45) is 5.92 Å². The van der Waals surface area contributed by atoms with Gasteiger partial charge in [0.1, 0.15) is 29.4 Å². The minimum absolute atomic E-state index is 0.0978. The van der Waals surface area contributed by atoms with Crippen molar-refractivity contribution in [3.05, 3.63) is 48.3 Å². The van der Waals surface area contributed by atoms with Gasteiger partial charge in [-0.15, -0.1) is 0 Å². The SMILES string of the molecule is CC(C)(OCC(=O)N1CCC1)C(=O)NCC1CCN(c2cccc(Oc3ccc(C(F)(F)F)nc3)c2)C1. The maximum Gasteiger partial charge on any atom is 0.433 e. The molecule has 37 heavy (non-hydrogen) atoms. The lowest BCUT2D eigenvalue weighted by Crippen LogP contribution is -2.49. The number of carbonyl (C=O) groups excluding carboxylic acids is 2. The Balaban J connectivity index is 1.25. The Morgan fingerprint density at radius 1 is 1.11 bits per heavy atom. The number of rotatable bonds is 9. The highest BCUT2D eigenvalue weighted by Crippen LogP contribution is 2.31. The van der Waals surface area contributed by atoms with Gasteiger partial charge in [0.25, 0.3) is 5.91 Å². The van der Waals surface area contributed by atoms with Crippen molar-refractivity contribution in [3.8, 4) is 11.5 Å². The van der Waals surface area contributed by atoms with Gasteiger partial charge in [-0.05, 0) is 56.9 Å². The fraction of sp³-hybridized carbons (Fsp3) is 0.500. The normalized spacial score (nSPS) is 17.9. The molecule has 2 aromatic rings. The molecule has 2 aliphatic rings. The molecule has 0 bridgehead atoms. The van der Waals surface area contributed by atoms with Gasteiger partial charge in [-0.1, -0.05) is 6.07 Å². The summed E-state index contributed by atoms with van der Waals surface area (Å²) < 4.78 is 49.5. The molecular formula is C26H31F3N4O4. The van der Waals surface area contributed by atoms with Crippen LogP contribution in [0.15, 0.2) is 42.6 Å². The highest BCUT2D eigenvalue weighted by atomic mass is 19.4. The van der Waals surface area contributed by atoms with Crippen LogP contribution < -0.4 is 15.0 Å². The second kappa shape index (κ2) is 11.0. The zero-order valence-corrected chi connectivity index (χ0v) is 20.9. The predicted octanol–water partition coefficient (Wildman–Crippen LogP) is 3.86. The number of pyridine rings is 1. The quantitative estimate of drug-likeness (QED) is 0.541. The number of halogens is 3.